The van der Waals surface area contributed by atoms with E-state index < -0.39 is 0 Å². The lowest BCUT2D eigenvalue weighted by Crippen LogP contribution is -2.34. The van der Waals surface area contributed by atoms with Gasteiger partial charge in [-0.05, 0) is 38.2 Å². The number of hydrogen-bond donors (Lipinski definition) is 0. The lowest BCUT2D eigenvalue weighted by molar-refractivity contribution is -0.141. The van der Waals surface area contributed by atoms with Crippen molar-refractivity contribution >= 4 is 11.7 Å². The topological polar surface area (TPSA) is 47.9 Å². The summed E-state index contributed by atoms with van der Waals surface area (Å²) in [5, 5.41) is 3.91. The number of benzene rings is 1. The van der Waals surface area contributed by atoms with Gasteiger partial charge in [0.15, 0.2) is 0 Å². The van der Waals surface area contributed by atoms with Crippen LogP contribution in [0.2, 0.25) is 0 Å². The number of nitrogens with zero attached hydrogens (tertiary/aromatic N) is 1. The third-order valence-electron chi connectivity index (χ3n) is 3.87. The number of methoxy groups -OCH3 is 1. The predicted molar refractivity (Wildman–Crippen MR) is 77.5 cm³/mol. The van der Waals surface area contributed by atoms with E-state index in [1.54, 1.807) is 7.11 Å². The van der Waals surface area contributed by atoms with E-state index in [0.29, 0.717) is 0 Å². The molecule has 4 nitrogen and oxygen atoms in total. The minimum Gasteiger partial charge on any atom is -0.374 e. The van der Waals surface area contributed by atoms with Crippen LogP contribution in [0.4, 0.5) is 0 Å². The minimum atomic E-state index is -0.375. The molecule has 0 spiro atoms. The number of oxime groups is 1. The van der Waals surface area contributed by atoms with Crippen molar-refractivity contribution in [2.75, 3.05) is 7.11 Å². The van der Waals surface area contributed by atoms with Gasteiger partial charge in [0, 0.05) is 14.0 Å². The van der Waals surface area contributed by atoms with Crippen molar-refractivity contribution in [2.45, 2.75) is 45.1 Å². The molecule has 0 amide bonds. The number of ether oxygens (including phenoxy) is 1. The molecule has 20 heavy (non-hydrogen) atoms. The van der Waals surface area contributed by atoms with Gasteiger partial charge in [-0.2, -0.15) is 0 Å². The van der Waals surface area contributed by atoms with E-state index in [4.69, 9.17) is 9.57 Å². The summed E-state index contributed by atoms with van der Waals surface area (Å²) in [5.74, 6) is -0.375. The summed E-state index contributed by atoms with van der Waals surface area (Å²) in [6.45, 7) is 3.45. The molecule has 0 aromatic heterocycles. The highest BCUT2D eigenvalue weighted by Crippen LogP contribution is 2.39. The first-order valence-corrected chi connectivity index (χ1v) is 6.91. The fourth-order valence-electron chi connectivity index (χ4n) is 2.70. The quantitative estimate of drug-likeness (QED) is 0.628. The van der Waals surface area contributed by atoms with Gasteiger partial charge in [-0.1, -0.05) is 35.0 Å². The average Bonchev–Trinajstić information content (AvgIpc) is 2.45. The van der Waals surface area contributed by atoms with Crippen LogP contribution in [0.3, 0.4) is 0 Å². The van der Waals surface area contributed by atoms with Crippen LogP contribution in [0.1, 0.15) is 43.7 Å². The number of aryl methyl sites for hydroxylation is 1. The highest BCUT2D eigenvalue weighted by atomic mass is 16.7. The van der Waals surface area contributed by atoms with Crippen LogP contribution in [0.15, 0.2) is 29.4 Å². The predicted octanol–water partition coefficient (Wildman–Crippen LogP) is 3.33. The van der Waals surface area contributed by atoms with Gasteiger partial charge in [0.1, 0.15) is 0 Å². The highest BCUT2D eigenvalue weighted by molar-refractivity contribution is 5.85. The Balaban J connectivity index is 2.12. The normalized spacial score (nSPS) is 22.4. The maximum Gasteiger partial charge on any atom is 0.331 e. The van der Waals surface area contributed by atoms with E-state index >= 15 is 0 Å². The fourth-order valence-corrected chi connectivity index (χ4v) is 2.70. The Morgan fingerprint density at radius 3 is 2.55 bits per heavy atom. The molecular formula is C16H21NO3. The minimum absolute atomic E-state index is 0.249. The fraction of sp³-hybridized carbons (Fsp3) is 0.500. The standard InChI is InChI=1S/C16H21NO3/c1-12-5-4-6-14(11-12)16(19-3)9-7-15(8-10-16)17-20-13(2)18/h4-6,11H,7-10H2,1-3H3. The van der Waals surface area contributed by atoms with Crippen LogP contribution in [-0.4, -0.2) is 18.8 Å². The summed E-state index contributed by atoms with van der Waals surface area (Å²) in [6.07, 6.45) is 3.28. The number of carbonyl (C=O) groups excluding carboxylic acids is 1. The molecule has 0 saturated heterocycles. The third-order valence-corrected chi connectivity index (χ3v) is 3.87. The molecule has 2 rings (SSSR count). The van der Waals surface area contributed by atoms with E-state index in [1.165, 1.54) is 18.1 Å². The van der Waals surface area contributed by atoms with Gasteiger partial charge in [0.2, 0.25) is 0 Å². The van der Waals surface area contributed by atoms with E-state index in [9.17, 15) is 4.79 Å². The molecule has 1 aromatic rings. The largest absolute Gasteiger partial charge is 0.374 e. The molecule has 0 aliphatic heterocycles. The second-order valence-corrected chi connectivity index (χ2v) is 5.31. The van der Waals surface area contributed by atoms with Gasteiger partial charge in [-0.15, -0.1) is 0 Å². The Hall–Kier alpha value is -1.68. The van der Waals surface area contributed by atoms with Crippen molar-refractivity contribution in [1.82, 2.24) is 0 Å². The van der Waals surface area contributed by atoms with E-state index in [-0.39, 0.29) is 11.6 Å². The summed E-state index contributed by atoms with van der Waals surface area (Å²) in [7, 11) is 1.76. The van der Waals surface area contributed by atoms with E-state index in [0.717, 1.165) is 31.4 Å². The number of rotatable bonds is 3. The summed E-state index contributed by atoms with van der Waals surface area (Å²) in [6, 6.07) is 8.44. The molecule has 0 bridgehead atoms. The zero-order valence-electron chi connectivity index (χ0n) is 12.3. The van der Waals surface area contributed by atoms with Crippen LogP contribution in [0.25, 0.3) is 0 Å². The van der Waals surface area contributed by atoms with Crippen molar-refractivity contribution in [3.63, 3.8) is 0 Å². The summed E-state index contributed by atoms with van der Waals surface area (Å²) in [5.41, 5.74) is 3.13. The molecule has 1 aliphatic rings. The van der Waals surface area contributed by atoms with Crippen molar-refractivity contribution in [3.05, 3.63) is 35.4 Å². The maximum absolute atomic E-state index is 10.8. The Kier molecular flexibility index (Phi) is 4.55. The Morgan fingerprint density at radius 1 is 1.30 bits per heavy atom. The maximum atomic E-state index is 10.8. The summed E-state index contributed by atoms with van der Waals surface area (Å²) >= 11 is 0. The van der Waals surface area contributed by atoms with Crippen molar-refractivity contribution in [3.8, 4) is 0 Å². The Labute approximate surface area is 119 Å². The lowest BCUT2D eigenvalue weighted by atomic mass is 9.78. The van der Waals surface area contributed by atoms with Crippen LogP contribution in [-0.2, 0) is 20.0 Å². The second-order valence-electron chi connectivity index (χ2n) is 5.31. The van der Waals surface area contributed by atoms with E-state index in [1.807, 2.05) is 0 Å². The van der Waals surface area contributed by atoms with Crippen LogP contribution in [0.5, 0.6) is 0 Å². The molecule has 1 aliphatic carbocycles. The van der Waals surface area contributed by atoms with Crippen LogP contribution in [0, 0.1) is 6.92 Å². The molecule has 0 N–H and O–H groups in total. The molecule has 0 heterocycles. The highest BCUT2D eigenvalue weighted by Gasteiger charge is 2.36. The van der Waals surface area contributed by atoms with Gasteiger partial charge >= 0.3 is 5.97 Å². The molecule has 0 unspecified atom stereocenters. The Bertz CT molecular complexity index is 512. The zero-order valence-corrected chi connectivity index (χ0v) is 12.3. The van der Waals surface area contributed by atoms with E-state index in [2.05, 4.69) is 36.3 Å². The molecule has 1 fully saturated rings. The molecule has 4 heteroatoms. The molecular weight excluding hydrogens is 254 g/mol. The second kappa shape index (κ2) is 6.18. The third kappa shape index (κ3) is 3.25. The SMILES string of the molecule is COC1(c2cccc(C)c2)CCC(=NOC(C)=O)CC1. The van der Waals surface area contributed by atoms with Gasteiger partial charge in [0.25, 0.3) is 0 Å². The van der Waals surface area contributed by atoms with Crippen LogP contribution >= 0.6 is 0 Å². The monoisotopic (exact) mass is 275 g/mol. The molecule has 108 valence electrons. The number of carbonyl (C=O) groups is 1. The van der Waals surface area contributed by atoms with Crippen molar-refractivity contribution in [2.24, 2.45) is 5.16 Å². The van der Waals surface area contributed by atoms with Crippen molar-refractivity contribution in [1.29, 1.82) is 0 Å². The molecule has 0 radical (unpaired) electrons. The summed E-state index contributed by atoms with van der Waals surface area (Å²) in [4.78, 5) is 15.5. The molecule has 1 saturated carbocycles. The zero-order chi connectivity index (χ0) is 14.6. The lowest BCUT2D eigenvalue weighted by Gasteiger charge is -2.37. The average molecular weight is 275 g/mol. The molecule has 0 atom stereocenters. The Morgan fingerprint density at radius 2 is 2.00 bits per heavy atom. The van der Waals surface area contributed by atoms with Crippen molar-refractivity contribution < 1.29 is 14.4 Å². The first kappa shape index (κ1) is 14.7. The van der Waals surface area contributed by atoms with Gasteiger partial charge in [-0.3, -0.25) is 0 Å². The van der Waals surface area contributed by atoms with Gasteiger partial charge in [-0.25, -0.2) is 4.79 Å². The first-order valence-electron chi connectivity index (χ1n) is 6.91. The first-order chi connectivity index (χ1) is 9.55. The number of hydrogen-bond acceptors (Lipinski definition) is 4. The van der Waals surface area contributed by atoms with Gasteiger partial charge < -0.3 is 9.57 Å². The molecule has 1 aromatic carbocycles. The summed E-state index contributed by atoms with van der Waals surface area (Å²) < 4.78 is 5.83. The smallest absolute Gasteiger partial charge is 0.331 e. The van der Waals surface area contributed by atoms with Crippen LogP contribution < -0.4 is 0 Å². The van der Waals surface area contributed by atoms with Gasteiger partial charge in [0.05, 0.1) is 11.3 Å².